The maximum Gasteiger partial charge on any atom is 0.253 e. The number of benzene rings is 2. The van der Waals surface area contributed by atoms with Crippen molar-refractivity contribution < 1.29 is 14.3 Å². The molecular weight excluding hydrogens is 426 g/mol. The number of anilines is 1. The summed E-state index contributed by atoms with van der Waals surface area (Å²) in [7, 11) is 3.95. The minimum atomic E-state index is -0.400. The normalized spacial score (nSPS) is 19.0. The molecule has 1 fully saturated rings. The van der Waals surface area contributed by atoms with Gasteiger partial charge in [-0.3, -0.25) is 9.59 Å². The highest BCUT2D eigenvalue weighted by atomic mass is 16.5. The van der Waals surface area contributed by atoms with Crippen LogP contribution in [0.3, 0.4) is 0 Å². The number of aryl methyl sites for hydroxylation is 1. The molecule has 1 saturated heterocycles. The summed E-state index contributed by atoms with van der Waals surface area (Å²) in [5, 5.41) is 3.14. The fraction of sp³-hybridized carbons (Fsp3) is 0.500. The number of para-hydroxylation sites is 1. The van der Waals surface area contributed by atoms with E-state index >= 15 is 0 Å². The number of hydrogen-bond donors (Lipinski definition) is 1. The van der Waals surface area contributed by atoms with Gasteiger partial charge in [-0.15, -0.1) is 0 Å². The van der Waals surface area contributed by atoms with Gasteiger partial charge in [0.25, 0.3) is 5.91 Å². The van der Waals surface area contributed by atoms with Crippen LogP contribution in [-0.4, -0.2) is 57.1 Å². The van der Waals surface area contributed by atoms with Crippen LogP contribution in [0.15, 0.2) is 48.5 Å². The zero-order valence-electron chi connectivity index (χ0n) is 20.5. The maximum absolute atomic E-state index is 13.3. The molecule has 1 spiro atoms. The molecule has 0 radical (unpaired) electrons. The number of nitrogens with zero attached hydrogens (tertiary/aromatic N) is 2. The second kappa shape index (κ2) is 10.9. The number of likely N-dealkylation sites (tertiary alicyclic amines) is 1. The van der Waals surface area contributed by atoms with Gasteiger partial charge in [-0.25, -0.2) is 0 Å². The lowest BCUT2D eigenvalue weighted by molar-refractivity contribution is -0.134. The molecule has 0 aromatic heterocycles. The topological polar surface area (TPSA) is 61.9 Å². The molecule has 2 aliphatic heterocycles. The number of fused-ring (bicyclic) bond motifs is 1. The Morgan fingerprint density at radius 1 is 1.00 bits per heavy atom. The molecule has 2 heterocycles. The zero-order valence-corrected chi connectivity index (χ0v) is 20.5. The molecule has 6 nitrogen and oxygen atoms in total. The molecule has 0 saturated carbocycles. The number of hydrogen-bond acceptors (Lipinski definition) is 4. The van der Waals surface area contributed by atoms with Gasteiger partial charge in [0.05, 0.1) is 12.0 Å². The summed E-state index contributed by atoms with van der Waals surface area (Å²) in [5.74, 6) is 1.09. The molecule has 182 valence electrons. The van der Waals surface area contributed by atoms with Crippen molar-refractivity contribution in [2.45, 2.75) is 44.9 Å². The second-order valence-corrected chi connectivity index (χ2v) is 9.79. The molecule has 34 heavy (non-hydrogen) atoms. The van der Waals surface area contributed by atoms with E-state index in [0.717, 1.165) is 43.5 Å². The van der Waals surface area contributed by atoms with E-state index in [-0.39, 0.29) is 11.8 Å². The molecular formula is C28H37N3O3. The first-order chi connectivity index (χ1) is 16.5. The number of carbonyl (C=O) groups excluding carboxylic acids is 2. The third-order valence-corrected chi connectivity index (χ3v) is 7.32. The van der Waals surface area contributed by atoms with E-state index in [1.165, 1.54) is 5.56 Å². The highest BCUT2D eigenvalue weighted by molar-refractivity contribution is 5.95. The van der Waals surface area contributed by atoms with E-state index in [4.69, 9.17) is 4.74 Å². The Bertz CT molecular complexity index is 996. The lowest BCUT2D eigenvalue weighted by Gasteiger charge is -2.41. The van der Waals surface area contributed by atoms with Crippen LogP contribution in [0.4, 0.5) is 5.69 Å². The third kappa shape index (κ3) is 5.54. The zero-order chi connectivity index (χ0) is 24.0. The molecule has 6 heteroatoms. The van der Waals surface area contributed by atoms with Gasteiger partial charge in [0.2, 0.25) is 5.91 Å². The molecule has 0 unspecified atom stereocenters. The van der Waals surface area contributed by atoms with Crippen LogP contribution in [0, 0.1) is 5.41 Å². The maximum atomic E-state index is 13.3. The standard InChI is InChI=1S/C28H37N3O3/c1-30(2)24-12-8-11-23(21-24)26(32)31-18-15-28(16-19-31)14-7-3-4-9-22-10-5-6-13-25(22)34-20-17-29-27(28)33/h5-6,8,10-13,21H,3-4,7,9,14-20H2,1-2H3,(H,29,33). The van der Waals surface area contributed by atoms with Gasteiger partial charge < -0.3 is 19.9 Å². The lowest BCUT2D eigenvalue weighted by Crippen LogP contribution is -2.50. The van der Waals surface area contributed by atoms with Crippen LogP contribution >= 0.6 is 0 Å². The van der Waals surface area contributed by atoms with Gasteiger partial charge in [-0.05, 0) is 61.9 Å². The Hall–Kier alpha value is -3.02. The molecule has 2 aromatic carbocycles. The van der Waals surface area contributed by atoms with Crippen LogP contribution in [0.1, 0.15) is 54.4 Å². The molecule has 0 aliphatic carbocycles. The van der Waals surface area contributed by atoms with E-state index in [1.54, 1.807) is 0 Å². The van der Waals surface area contributed by atoms with Crippen molar-refractivity contribution in [1.82, 2.24) is 10.2 Å². The van der Waals surface area contributed by atoms with E-state index in [2.05, 4.69) is 17.4 Å². The Morgan fingerprint density at radius 3 is 2.59 bits per heavy atom. The van der Waals surface area contributed by atoms with Crippen molar-refractivity contribution in [3.63, 3.8) is 0 Å². The Labute approximate surface area is 203 Å². The fourth-order valence-electron chi connectivity index (χ4n) is 5.15. The molecule has 2 amide bonds. The van der Waals surface area contributed by atoms with Gasteiger partial charge in [0.1, 0.15) is 12.4 Å². The van der Waals surface area contributed by atoms with Crippen molar-refractivity contribution in [2.75, 3.05) is 45.2 Å². The van der Waals surface area contributed by atoms with Crippen molar-refractivity contribution in [1.29, 1.82) is 0 Å². The van der Waals surface area contributed by atoms with Gasteiger partial charge in [0, 0.05) is 38.4 Å². The highest BCUT2D eigenvalue weighted by Gasteiger charge is 2.41. The van der Waals surface area contributed by atoms with Crippen LogP contribution in [-0.2, 0) is 11.2 Å². The lowest BCUT2D eigenvalue weighted by atomic mass is 9.73. The molecule has 0 bridgehead atoms. The number of nitrogens with one attached hydrogen (secondary N) is 1. The number of rotatable bonds is 2. The van der Waals surface area contributed by atoms with Crippen molar-refractivity contribution in [3.8, 4) is 5.75 Å². The van der Waals surface area contributed by atoms with E-state index in [9.17, 15) is 9.59 Å². The summed E-state index contributed by atoms with van der Waals surface area (Å²) in [5.41, 5.74) is 2.56. The largest absolute Gasteiger partial charge is 0.491 e. The summed E-state index contributed by atoms with van der Waals surface area (Å²) in [6.07, 6.45) is 6.49. The van der Waals surface area contributed by atoms with Gasteiger partial charge in [-0.1, -0.05) is 37.1 Å². The monoisotopic (exact) mass is 463 g/mol. The molecule has 1 N–H and O–H groups in total. The summed E-state index contributed by atoms with van der Waals surface area (Å²) < 4.78 is 5.98. The summed E-state index contributed by atoms with van der Waals surface area (Å²) in [6.45, 7) is 2.18. The average molecular weight is 464 g/mol. The van der Waals surface area contributed by atoms with Crippen LogP contribution in [0.25, 0.3) is 0 Å². The third-order valence-electron chi connectivity index (χ3n) is 7.32. The first-order valence-electron chi connectivity index (χ1n) is 12.5. The molecule has 2 aromatic rings. The number of carbonyl (C=O) groups is 2. The summed E-state index contributed by atoms with van der Waals surface area (Å²) in [6, 6.07) is 16.0. The van der Waals surface area contributed by atoms with Crippen molar-refractivity contribution >= 4 is 17.5 Å². The Kier molecular flexibility index (Phi) is 7.76. The average Bonchev–Trinajstić information content (AvgIpc) is 2.87. The van der Waals surface area contributed by atoms with Crippen LogP contribution in [0.2, 0.25) is 0 Å². The van der Waals surface area contributed by atoms with E-state index < -0.39 is 5.41 Å². The van der Waals surface area contributed by atoms with Crippen molar-refractivity contribution in [3.05, 3.63) is 59.7 Å². The molecule has 4 rings (SSSR count). The summed E-state index contributed by atoms with van der Waals surface area (Å²) in [4.78, 5) is 30.4. The van der Waals surface area contributed by atoms with Gasteiger partial charge in [-0.2, -0.15) is 0 Å². The SMILES string of the molecule is CN(C)c1cccc(C(=O)N2CCC3(CCCCCc4ccccc4OCCNC3=O)CC2)c1. The highest BCUT2D eigenvalue weighted by Crippen LogP contribution is 2.38. The second-order valence-electron chi connectivity index (χ2n) is 9.79. The van der Waals surface area contributed by atoms with Crippen molar-refractivity contribution in [2.24, 2.45) is 5.41 Å². The Morgan fingerprint density at radius 2 is 1.79 bits per heavy atom. The number of piperidine rings is 1. The first-order valence-corrected chi connectivity index (χ1v) is 12.5. The van der Waals surface area contributed by atoms with Gasteiger partial charge >= 0.3 is 0 Å². The smallest absolute Gasteiger partial charge is 0.253 e. The summed E-state index contributed by atoms with van der Waals surface area (Å²) >= 11 is 0. The first kappa shape index (κ1) is 24.1. The van der Waals surface area contributed by atoms with E-state index in [0.29, 0.717) is 44.6 Å². The minimum absolute atomic E-state index is 0.0507. The number of amides is 2. The van der Waals surface area contributed by atoms with Crippen LogP contribution in [0.5, 0.6) is 5.75 Å². The molecule has 0 atom stereocenters. The predicted molar refractivity (Wildman–Crippen MR) is 135 cm³/mol. The minimum Gasteiger partial charge on any atom is -0.491 e. The van der Waals surface area contributed by atoms with Gasteiger partial charge in [0.15, 0.2) is 0 Å². The predicted octanol–water partition coefficient (Wildman–Crippen LogP) is 4.29. The van der Waals surface area contributed by atoms with E-state index in [1.807, 2.05) is 60.3 Å². The molecule has 2 aliphatic rings. The quantitative estimate of drug-likeness (QED) is 0.722. The Balaban J connectivity index is 1.40. The fourth-order valence-corrected chi connectivity index (χ4v) is 5.15. The van der Waals surface area contributed by atoms with Crippen LogP contribution < -0.4 is 15.0 Å². The number of ether oxygens (including phenoxy) is 1.